The number of nitro benzene ring substituents is 1. The number of thioether (sulfide) groups is 1. The van der Waals surface area contributed by atoms with Crippen LogP contribution in [0.2, 0.25) is 0 Å². The highest BCUT2D eigenvalue weighted by atomic mass is 35.5. The van der Waals surface area contributed by atoms with E-state index in [1.165, 1.54) is 36.0 Å². The molecule has 2 aromatic rings. The predicted molar refractivity (Wildman–Crippen MR) is 91.1 cm³/mol. The largest absolute Gasteiger partial charge is 0.508 e. The second-order valence-corrected chi connectivity index (χ2v) is 6.28. The molecule has 0 saturated carbocycles. The highest BCUT2D eigenvalue weighted by molar-refractivity contribution is 8.00. The summed E-state index contributed by atoms with van der Waals surface area (Å²) in [6, 6.07) is 13.2. The minimum atomic E-state index is -0.799. The molecule has 0 aliphatic heterocycles. The average Bonchev–Trinajstić information content (AvgIpc) is 2.60. The fourth-order valence-corrected chi connectivity index (χ4v) is 2.62. The van der Waals surface area contributed by atoms with Gasteiger partial charge in [0.1, 0.15) is 13.2 Å². The molecule has 0 amide bonds. The van der Waals surface area contributed by atoms with Gasteiger partial charge < -0.3 is 9.47 Å². The minimum Gasteiger partial charge on any atom is -0.429 e. The molecule has 126 valence electrons. The summed E-state index contributed by atoms with van der Waals surface area (Å²) in [5.74, 6) is 0. The molecule has 0 fully saturated rings. The molecule has 0 unspecified atom stereocenters. The zero-order chi connectivity index (χ0) is 17.4. The lowest BCUT2D eigenvalue weighted by molar-refractivity contribution is -0.384. The van der Waals surface area contributed by atoms with E-state index >= 15 is 0 Å². The van der Waals surface area contributed by atoms with Gasteiger partial charge in [-0.3, -0.25) is 10.1 Å². The van der Waals surface area contributed by atoms with Gasteiger partial charge in [0.05, 0.1) is 10.1 Å². The molecule has 24 heavy (non-hydrogen) atoms. The van der Waals surface area contributed by atoms with Crippen LogP contribution in [0.5, 0.6) is 0 Å². The summed E-state index contributed by atoms with van der Waals surface area (Å²) in [5.41, 5.74) is 1.46. The molecule has 0 aliphatic carbocycles. The van der Waals surface area contributed by atoms with Crippen LogP contribution < -0.4 is 0 Å². The maximum Gasteiger partial charge on any atom is 0.508 e. The zero-order valence-electron chi connectivity index (χ0n) is 12.5. The molecule has 2 aromatic carbocycles. The van der Waals surface area contributed by atoms with E-state index in [0.717, 1.165) is 10.5 Å². The van der Waals surface area contributed by atoms with Crippen molar-refractivity contribution in [3.63, 3.8) is 0 Å². The zero-order valence-corrected chi connectivity index (χ0v) is 14.1. The number of rotatable bonds is 7. The Labute approximate surface area is 147 Å². The molecule has 0 heterocycles. The summed E-state index contributed by atoms with van der Waals surface area (Å²) in [5, 5.41) is 11.0. The summed E-state index contributed by atoms with van der Waals surface area (Å²) in [6.45, 7) is 0.0903. The number of carbonyl (C=O) groups is 1. The second kappa shape index (κ2) is 9.14. The average molecular weight is 368 g/mol. The highest BCUT2D eigenvalue weighted by Crippen LogP contribution is 2.19. The number of nitrogens with zero attached hydrogens (tertiary/aromatic N) is 1. The van der Waals surface area contributed by atoms with Gasteiger partial charge in [0.2, 0.25) is 0 Å². The number of carbonyl (C=O) groups excluding carboxylic acids is 1. The van der Waals surface area contributed by atoms with Gasteiger partial charge >= 0.3 is 6.16 Å². The Morgan fingerprint density at radius 1 is 1.00 bits per heavy atom. The van der Waals surface area contributed by atoms with Crippen LogP contribution in [0.15, 0.2) is 53.4 Å². The van der Waals surface area contributed by atoms with Gasteiger partial charge in [-0.2, -0.15) is 0 Å². The predicted octanol–water partition coefficient (Wildman–Crippen LogP) is 4.74. The van der Waals surface area contributed by atoms with Gasteiger partial charge in [-0.1, -0.05) is 12.1 Å². The number of non-ortho nitro benzene ring substituents is 1. The summed E-state index contributed by atoms with van der Waals surface area (Å²) in [7, 11) is 0. The van der Waals surface area contributed by atoms with Crippen molar-refractivity contribution in [2.45, 2.75) is 18.1 Å². The van der Waals surface area contributed by atoms with Crippen molar-refractivity contribution in [3.05, 3.63) is 69.8 Å². The number of hydrogen-bond acceptors (Lipinski definition) is 6. The van der Waals surface area contributed by atoms with Crippen LogP contribution in [0.25, 0.3) is 0 Å². The van der Waals surface area contributed by atoms with Gasteiger partial charge in [-0.25, -0.2) is 4.79 Å². The molecule has 0 spiro atoms. The van der Waals surface area contributed by atoms with Gasteiger partial charge in [0.25, 0.3) is 5.69 Å². The van der Waals surface area contributed by atoms with Crippen LogP contribution in [0.3, 0.4) is 0 Å². The van der Waals surface area contributed by atoms with Crippen molar-refractivity contribution in [1.82, 2.24) is 0 Å². The Bertz CT molecular complexity index is 691. The van der Waals surface area contributed by atoms with Gasteiger partial charge in [-0.05, 0) is 35.4 Å². The minimum absolute atomic E-state index is 0.0118. The van der Waals surface area contributed by atoms with Crippen molar-refractivity contribution >= 4 is 35.2 Å². The van der Waals surface area contributed by atoms with Gasteiger partial charge in [0, 0.05) is 17.0 Å². The first kappa shape index (κ1) is 18.1. The third-order valence-corrected chi connectivity index (χ3v) is 4.05. The molecule has 2 rings (SSSR count). The van der Waals surface area contributed by atoms with Crippen LogP contribution in [0, 0.1) is 10.1 Å². The van der Waals surface area contributed by atoms with E-state index in [1.807, 2.05) is 24.3 Å². The van der Waals surface area contributed by atoms with Crippen molar-refractivity contribution in [3.8, 4) is 0 Å². The van der Waals surface area contributed by atoms with Crippen molar-refractivity contribution < 1.29 is 19.2 Å². The Hall–Kier alpha value is -2.25. The molecule has 0 N–H and O–H groups in total. The van der Waals surface area contributed by atoms with Crippen molar-refractivity contribution in [2.24, 2.45) is 0 Å². The van der Waals surface area contributed by atoms with Crippen molar-refractivity contribution in [2.75, 3.05) is 5.21 Å². The number of nitro groups is 1. The molecule has 0 aromatic heterocycles. The monoisotopic (exact) mass is 367 g/mol. The molecule has 0 atom stereocenters. The quantitative estimate of drug-likeness (QED) is 0.231. The maximum absolute atomic E-state index is 11.6. The lowest BCUT2D eigenvalue weighted by Gasteiger charge is -2.07. The van der Waals surface area contributed by atoms with Crippen LogP contribution in [-0.2, 0) is 22.7 Å². The van der Waals surface area contributed by atoms with Crippen LogP contribution in [-0.4, -0.2) is 16.3 Å². The first-order valence-electron chi connectivity index (χ1n) is 6.89. The molecular formula is C16H14ClNO5S. The second-order valence-electron chi connectivity index (χ2n) is 4.65. The molecule has 8 heteroatoms. The van der Waals surface area contributed by atoms with Gasteiger partial charge in [-0.15, -0.1) is 23.4 Å². The van der Waals surface area contributed by atoms with Crippen LogP contribution in [0.1, 0.15) is 11.1 Å². The van der Waals surface area contributed by atoms with E-state index in [2.05, 4.69) is 0 Å². The van der Waals surface area contributed by atoms with E-state index in [9.17, 15) is 14.9 Å². The Balaban J connectivity index is 1.75. The van der Waals surface area contributed by atoms with Crippen molar-refractivity contribution in [1.29, 1.82) is 0 Å². The molecule has 0 aliphatic rings. The Kier molecular flexibility index (Phi) is 6.89. The molecular weight excluding hydrogens is 354 g/mol. The lowest BCUT2D eigenvalue weighted by atomic mass is 10.2. The number of alkyl halides is 1. The smallest absolute Gasteiger partial charge is 0.429 e. The standard InChI is InChI=1S/C16H14ClNO5S/c17-11-24-15-7-3-13(4-8-15)10-23-16(19)22-9-12-1-5-14(6-2-12)18(20)21/h1-8H,9-11H2. The normalized spacial score (nSPS) is 10.2. The number of ether oxygens (including phenoxy) is 2. The van der Waals surface area contributed by atoms with E-state index in [-0.39, 0.29) is 18.9 Å². The first-order valence-corrected chi connectivity index (χ1v) is 8.41. The molecule has 0 radical (unpaired) electrons. The molecule has 6 nitrogen and oxygen atoms in total. The fraction of sp³-hybridized carbons (Fsp3) is 0.188. The molecule has 0 saturated heterocycles. The summed E-state index contributed by atoms with van der Waals surface area (Å²) in [6.07, 6.45) is -0.799. The summed E-state index contributed by atoms with van der Waals surface area (Å²) in [4.78, 5) is 22.7. The fourth-order valence-electron chi connectivity index (χ4n) is 1.78. The topological polar surface area (TPSA) is 78.7 Å². The summed E-state index contributed by atoms with van der Waals surface area (Å²) < 4.78 is 9.97. The highest BCUT2D eigenvalue weighted by Gasteiger charge is 2.08. The number of halogens is 1. The Morgan fingerprint density at radius 2 is 1.50 bits per heavy atom. The van der Waals surface area contributed by atoms with Gasteiger partial charge in [0.15, 0.2) is 0 Å². The van der Waals surface area contributed by atoms with Crippen LogP contribution >= 0.6 is 23.4 Å². The molecule has 0 bridgehead atoms. The van der Waals surface area contributed by atoms with E-state index < -0.39 is 11.1 Å². The number of hydrogen-bond donors (Lipinski definition) is 0. The maximum atomic E-state index is 11.6. The third-order valence-electron chi connectivity index (χ3n) is 3.01. The van der Waals surface area contributed by atoms with E-state index in [4.69, 9.17) is 21.1 Å². The van der Waals surface area contributed by atoms with E-state index in [1.54, 1.807) is 0 Å². The first-order chi connectivity index (χ1) is 11.6. The third kappa shape index (κ3) is 5.75. The Morgan fingerprint density at radius 3 is 1.96 bits per heavy atom. The lowest BCUT2D eigenvalue weighted by Crippen LogP contribution is -2.07. The van der Waals surface area contributed by atoms with E-state index in [0.29, 0.717) is 10.8 Å². The summed E-state index contributed by atoms with van der Waals surface area (Å²) >= 11 is 7.14. The SMILES string of the molecule is O=C(OCc1ccc(SCCl)cc1)OCc1ccc([N+](=O)[O-])cc1. The van der Waals surface area contributed by atoms with Crippen LogP contribution in [0.4, 0.5) is 10.5 Å². The number of benzene rings is 2.